The maximum atomic E-state index is 13.6. The molecule has 0 aliphatic heterocycles. The highest BCUT2D eigenvalue weighted by Gasteiger charge is 2.18. The smallest absolute Gasteiger partial charge is 0.337 e. The molecule has 2 heterocycles. The monoisotopic (exact) mass is 408 g/mol. The Balaban J connectivity index is 1.94. The fraction of sp³-hybridized carbons (Fsp3) is 0.217. The third-order valence-corrected chi connectivity index (χ3v) is 6.20. The van der Waals surface area contributed by atoms with E-state index in [1.807, 2.05) is 19.2 Å². The van der Waals surface area contributed by atoms with Gasteiger partial charge in [-0.25, -0.2) is 14.2 Å². The second kappa shape index (κ2) is 7.44. The zero-order valence-electron chi connectivity index (χ0n) is 16.7. The molecule has 0 spiro atoms. The Morgan fingerprint density at radius 2 is 1.90 bits per heavy atom. The molecule has 4 nitrogen and oxygen atoms in total. The van der Waals surface area contributed by atoms with Crippen molar-refractivity contribution in [3.05, 3.63) is 59.9 Å². The third-order valence-electron chi connectivity index (χ3n) is 5.08. The number of ether oxygens (including phenoxy) is 1. The minimum atomic E-state index is -0.374. The van der Waals surface area contributed by atoms with Crippen molar-refractivity contribution < 1.29 is 13.9 Å². The van der Waals surface area contributed by atoms with Crippen molar-refractivity contribution in [1.82, 2.24) is 4.98 Å². The summed E-state index contributed by atoms with van der Waals surface area (Å²) >= 11 is 1.59. The Hall–Kier alpha value is -2.99. The van der Waals surface area contributed by atoms with Crippen molar-refractivity contribution in [2.45, 2.75) is 19.9 Å². The van der Waals surface area contributed by atoms with Crippen LogP contribution in [0.15, 0.2) is 48.5 Å². The number of aromatic nitrogens is 1. The molecule has 0 unspecified atom stereocenters. The molecule has 0 N–H and O–H groups in total. The average molecular weight is 408 g/mol. The number of rotatable bonds is 4. The molecule has 0 bridgehead atoms. The molecule has 0 aliphatic rings. The summed E-state index contributed by atoms with van der Waals surface area (Å²) < 4.78 is 19.5. The number of thiophene rings is 1. The summed E-state index contributed by atoms with van der Waals surface area (Å²) in [6.45, 7) is 4.22. The second-order valence-corrected chi connectivity index (χ2v) is 8.34. The van der Waals surface area contributed by atoms with Crippen molar-refractivity contribution >= 4 is 44.0 Å². The molecule has 4 rings (SSSR count). The summed E-state index contributed by atoms with van der Waals surface area (Å²) in [5.41, 5.74) is 3.09. The van der Waals surface area contributed by atoms with Gasteiger partial charge in [-0.2, -0.15) is 0 Å². The summed E-state index contributed by atoms with van der Waals surface area (Å²) in [6.07, 6.45) is 0. The standard InChI is InChI=1S/C23H21FN2O2S/c1-13(2)26(3)19-11-15-9-14(23(27)28-4)5-7-18(15)25-22(19)21-12-16-10-17(24)6-8-20(16)29-21/h5-13H,1-4H3. The zero-order chi connectivity index (χ0) is 20.7. The highest BCUT2D eigenvalue weighted by atomic mass is 32.1. The van der Waals surface area contributed by atoms with E-state index in [4.69, 9.17) is 9.72 Å². The van der Waals surface area contributed by atoms with Gasteiger partial charge in [-0.1, -0.05) is 0 Å². The largest absolute Gasteiger partial charge is 0.465 e. The highest BCUT2D eigenvalue weighted by molar-refractivity contribution is 7.22. The molecule has 0 atom stereocenters. The molecule has 0 radical (unpaired) electrons. The van der Waals surface area contributed by atoms with E-state index in [0.29, 0.717) is 5.56 Å². The molecule has 2 aromatic carbocycles. The van der Waals surface area contributed by atoms with Crippen LogP contribution in [0.5, 0.6) is 0 Å². The third kappa shape index (κ3) is 3.56. The van der Waals surface area contributed by atoms with Gasteiger partial charge < -0.3 is 9.64 Å². The number of halogens is 1. The molecule has 0 saturated carbocycles. The van der Waals surface area contributed by atoms with Gasteiger partial charge in [-0.3, -0.25) is 0 Å². The Labute approximate surface area is 172 Å². The SMILES string of the molecule is COC(=O)c1ccc2nc(-c3cc4cc(F)ccc4s3)c(N(C)C(C)C)cc2c1. The van der Waals surface area contributed by atoms with Crippen molar-refractivity contribution in [3.63, 3.8) is 0 Å². The molecule has 29 heavy (non-hydrogen) atoms. The van der Waals surface area contributed by atoms with Crippen LogP contribution in [0, 0.1) is 5.82 Å². The number of fused-ring (bicyclic) bond motifs is 2. The fourth-order valence-corrected chi connectivity index (χ4v) is 4.31. The first kappa shape index (κ1) is 19.3. The van der Waals surface area contributed by atoms with Crippen LogP contribution in [-0.4, -0.2) is 31.2 Å². The average Bonchev–Trinajstić information content (AvgIpc) is 3.14. The number of carbonyl (C=O) groups is 1. The van der Waals surface area contributed by atoms with Crippen molar-refractivity contribution in [2.24, 2.45) is 0 Å². The predicted molar refractivity (Wildman–Crippen MR) is 117 cm³/mol. The highest BCUT2D eigenvalue weighted by Crippen LogP contribution is 2.39. The minimum Gasteiger partial charge on any atom is -0.465 e. The van der Waals surface area contributed by atoms with Gasteiger partial charge in [0.15, 0.2) is 0 Å². The van der Waals surface area contributed by atoms with E-state index in [0.717, 1.165) is 37.2 Å². The summed E-state index contributed by atoms with van der Waals surface area (Å²) in [5.74, 6) is -0.621. The van der Waals surface area contributed by atoms with Crippen LogP contribution in [0.3, 0.4) is 0 Å². The summed E-state index contributed by atoms with van der Waals surface area (Å²) in [6, 6.07) is 14.5. The molecular weight excluding hydrogens is 387 g/mol. The number of methoxy groups -OCH3 is 1. The van der Waals surface area contributed by atoms with E-state index in [1.54, 1.807) is 35.6 Å². The van der Waals surface area contributed by atoms with Gasteiger partial charge in [0.2, 0.25) is 0 Å². The Morgan fingerprint density at radius 3 is 2.62 bits per heavy atom. The Kier molecular flexibility index (Phi) is 4.96. The molecule has 0 amide bonds. The number of anilines is 1. The van der Waals surface area contributed by atoms with E-state index < -0.39 is 0 Å². The normalized spacial score (nSPS) is 11.4. The van der Waals surface area contributed by atoms with Crippen molar-refractivity contribution in [3.8, 4) is 10.6 Å². The number of hydrogen-bond acceptors (Lipinski definition) is 5. The van der Waals surface area contributed by atoms with Gasteiger partial charge in [-0.05, 0) is 67.8 Å². The van der Waals surface area contributed by atoms with Gasteiger partial charge >= 0.3 is 5.97 Å². The number of pyridine rings is 1. The topological polar surface area (TPSA) is 42.4 Å². The van der Waals surface area contributed by atoms with Crippen LogP contribution in [0.25, 0.3) is 31.6 Å². The maximum Gasteiger partial charge on any atom is 0.337 e. The fourth-order valence-electron chi connectivity index (χ4n) is 3.27. The van der Waals surface area contributed by atoms with E-state index >= 15 is 0 Å². The molecule has 6 heteroatoms. The number of carbonyl (C=O) groups excluding carboxylic acids is 1. The quantitative estimate of drug-likeness (QED) is 0.395. The number of esters is 1. The lowest BCUT2D eigenvalue weighted by Crippen LogP contribution is -2.26. The van der Waals surface area contributed by atoms with Crippen LogP contribution in [0.1, 0.15) is 24.2 Å². The van der Waals surface area contributed by atoms with Crippen LogP contribution >= 0.6 is 11.3 Å². The van der Waals surface area contributed by atoms with Crippen LogP contribution < -0.4 is 4.90 Å². The van der Waals surface area contributed by atoms with Crippen molar-refractivity contribution in [2.75, 3.05) is 19.1 Å². The summed E-state index contributed by atoms with van der Waals surface area (Å²) in [7, 11) is 3.39. The lowest BCUT2D eigenvalue weighted by Gasteiger charge is -2.26. The molecule has 148 valence electrons. The van der Waals surface area contributed by atoms with Gasteiger partial charge in [0, 0.05) is 23.2 Å². The molecule has 0 saturated heterocycles. The zero-order valence-corrected chi connectivity index (χ0v) is 17.5. The predicted octanol–water partition coefficient (Wildman–Crippen LogP) is 5.89. The van der Waals surface area contributed by atoms with Gasteiger partial charge in [0.25, 0.3) is 0 Å². The van der Waals surface area contributed by atoms with Crippen LogP contribution in [-0.2, 0) is 4.74 Å². The Bertz CT molecular complexity index is 1230. The van der Waals surface area contributed by atoms with E-state index in [-0.39, 0.29) is 17.8 Å². The molecular formula is C23H21FN2O2S. The molecule has 2 aromatic heterocycles. The number of benzene rings is 2. The van der Waals surface area contributed by atoms with E-state index in [1.165, 1.54) is 13.2 Å². The van der Waals surface area contributed by atoms with Crippen molar-refractivity contribution in [1.29, 1.82) is 0 Å². The second-order valence-electron chi connectivity index (χ2n) is 7.25. The van der Waals surface area contributed by atoms with Gasteiger partial charge in [0.05, 0.1) is 28.8 Å². The van der Waals surface area contributed by atoms with Crippen LogP contribution in [0.4, 0.5) is 10.1 Å². The molecule has 0 fully saturated rings. The van der Waals surface area contributed by atoms with E-state index in [9.17, 15) is 9.18 Å². The minimum absolute atomic E-state index is 0.247. The first-order valence-electron chi connectivity index (χ1n) is 9.33. The number of nitrogens with zero attached hydrogens (tertiary/aromatic N) is 2. The summed E-state index contributed by atoms with van der Waals surface area (Å²) in [5, 5.41) is 1.73. The van der Waals surface area contributed by atoms with E-state index in [2.05, 4.69) is 24.8 Å². The maximum absolute atomic E-state index is 13.6. The lowest BCUT2D eigenvalue weighted by molar-refractivity contribution is 0.0601. The molecule has 0 aliphatic carbocycles. The molecule has 4 aromatic rings. The first-order valence-corrected chi connectivity index (χ1v) is 10.1. The van der Waals surface area contributed by atoms with Crippen LogP contribution in [0.2, 0.25) is 0 Å². The Morgan fingerprint density at radius 1 is 1.10 bits per heavy atom. The summed E-state index contributed by atoms with van der Waals surface area (Å²) in [4.78, 5) is 20.0. The number of hydrogen-bond donors (Lipinski definition) is 0. The lowest BCUT2D eigenvalue weighted by atomic mass is 10.1. The van der Waals surface area contributed by atoms with Gasteiger partial charge in [-0.15, -0.1) is 11.3 Å². The first-order chi connectivity index (χ1) is 13.9. The van der Waals surface area contributed by atoms with Gasteiger partial charge in [0.1, 0.15) is 11.5 Å².